The van der Waals surface area contributed by atoms with Gasteiger partial charge in [0.1, 0.15) is 0 Å². The van der Waals surface area contributed by atoms with Crippen LogP contribution in [0.4, 0.5) is 0 Å². The minimum atomic E-state index is 0.914. The van der Waals surface area contributed by atoms with Gasteiger partial charge in [0.05, 0.1) is 6.67 Å². The first kappa shape index (κ1) is 9.23. The molecule has 0 aliphatic rings. The highest BCUT2D eigenvalue weighted by Crippen LogP contribution is 1.98. The Kier molecular flexibility index (Phi) is 5.18. The number of nitrogens with zero attached hydrogens (tertiary/aromatic N) is 2. The van der Waals surface area contributed by atoms with Gasteiger partial charge in [-0.15, -0.1) is 0 Å². The van der Waals surface area contributed by atoms with Crippen molar-refractivity contribution in [1.29, 1.82) is 0 Å². The van der Waals surface area contributed by atoms with Crippen molar-refractivity contribution < 1.29 is 0 Å². The van der Waals surface area contributed by atoms with Gasteiger partial charge in [0, 0.05) is 18.7 Å². The summed E-state index contributed by atoms with van der Waals surface area (Å²) in [6.07, 6.45) is 0. The third kappa shape index (κ3) is 4.72. The van der Waals surface area contributed by atoms with E-state index in [9.17, 15) is 0 Å². The van der Waals surface area contributed by atoms with E-state index in [2.05, 4.69) is 16.1 Å². The predicted molar refractivity (Wildman–Crippen MR) is 42.7 cm³/mol. The lowest BCUT2D eigenvalue weighted by molar-refractivity contribution is 0.291. The highest BCUT2D eigenvalue weighted by Gasteiger charge is 1.99. The van der Waals surface area contributed by atoms with E-state index in [1.165, 1.54) is 12.1 Å². The molecular formula is C5H15N3S. The summed E-state index contributed by atoms with van der Waals surface area (Å²) in [6, 6.07) is 0. The van der Waals surface area contributed by atoms with Crippen LogP contribution in [0.1, 0.15) is 6.92 Å². The minimum absolute atomic E-state index is 0.914. The molecule has 0 amide bonds. The maximum absolute atomic E-state index is 5.35. The minimum Gasteiger partial charge on any atom is -0.296 e. The van der Waals surface area contributed by atoms with E-state index in [1.807, 2.05) is 14.1 Å². The Morgan fingerprint density at radius 2 is 2.00 bits per heavy atom. The van der Waals surface area contributed by atoms with Crippen molar-refractivity contribution >= 4 is 12.1 Å². The maximum Gasteiger partial charge on any atom is 0.0613 e. The molecule has 0 aromatic carbocycles. The largest absolute Gasteiger partial charge is 0.296 e. The molecule has 0 atom stereocenters. The monoisotopic (exact) mass is 149 g/mol. The van der Waals surface area contributed by atoms with Gasteiger partial charge in [-0.1, -0.05) is 6.92 Å². The van der Waals surface area contributed by atoms with Crippen LogP contribution in [0.2, 0.25) is 0 Å². The third-order valence-electron chi connectivity index (χ3n) is 0.942. The Balaban J connectivity index is 3.31. The van der Waals surface area contributed by atoms with E-state index in [0.717, 1.165) is 13.2 Å². The van der Waals surface area contributed by atoms with E-state index >= 15 is 0 Å². The first-order chi connectivity index (χ1) is 4.20. The van der Waals surface area contributed by atoms with Gasteiger partial charge >= 0.3 is 0 Å². The molecular weight excluding hydrogens is 134 g/mol. The molecule has 0 rings (SSSR count). The van der Waals surface area contributed by atoms with Gasteiger partial charge in [0.25, 0.3) is 0 Å². The molecule has 56 valence electrons. The Morgan fingerprint density at radius 1 is 1.44 bits per heavy atom. The molecule has 9 heavy (non-hydrogen) atoms. The van der Waals surface area contributed by atoms with Crippen LogP contribution in [0.5, 0.6) is 0 Å². The Bertz CT molecular complexity index is 63.2. The molecule has 0 saturated heterocycles. The number of rotatable bonds is 4. The van der Waals surface area contributed by atoms with Crippen LogP contribution >= 0.6 is 12.1 Å². The predicted octanol–water partition coefficient (Wildman–Crippen LogP) is 0.349. The van der Waals surface area contributed by atoms with Crippen LogP contribution in [0, 0.1) is 0 Å². The van der Waals surface area contributed by atoms with Gasteiger partial charge in [0.15, 0.2) is 0 Å². The molecule has 0 aromatic heterocycles. The lowest BCUT2D eigenvalue weighted by Crippen LogP contribution is -2.29. The molecule has 2 N–H and O–H groups in total. The topological polar surface area (TPSA) is 32.5 Å². The summed E-state index contributed by atoms with van der Waals surface area (Å²) in [5, 5.41) is 5.35. The average Bonchev–Trinajstić information content (AvgIpc) is 1.82. The summed E-state index contributed by atoms with van der Waals surface area (Å²) in [7, 11) is 4.05. The molecule has 0 unspecified atom stereocenters. The zero-order valence-electron chi connectivity index (χ0n) is 6.29. The van der Waals surface area contributed by atoms with Gasteiger partial charge < -0.3 is 0 Å². The molecule has 3 nitrogen and oxygen atoms in total. The molecule has 0 aromatic rings. The molecule has 0 radical (unpaired) electrons. The zero-order valence-corrected chi connectivity index (χ0v) is 7.11. The van der Waals surface area contributed by atoms with Crippen LogP contribution in [0.15, 0.2) is 0 Å². The standard InChI is InChI=1S/C5H15N3S/c1-4-8(9-6)5-7(2)3/h4-6H2,1-3H3. The molecule has 0 fully saturated rings. The van der Waals surface area contributed by atoms with Crippen molar-refractivity contribution in [2.45, 2.75) is 6.92 Å². The Labute approximate surface area is 61.5 Å². The highest BCUT2D eigenvalue weighted by molar-refractivity contribution is 7.94. The molecule has 0 bridgehead atoms. The van der Waals surface area contributed by atoms with Crippen molar-refractivity contribution in [2.75, 3.05) is 27.3 Å². The van der Waals surface area contributed by atoms with Crippen LogP contribution in [-0.2, 0) is 0 Å². The van der Waals surface area contributed by atoms with E-state index in [4.69, 9.17) is 5.14 Å². The van der Waals surface area contributed by atoms with E-state index in [-0.39, 0.29) is 0 Å². The molecule has 0 aliphatic heterocycles. The second-order valence-corrected chi connectivity index (χ2v) is 2.85. The fraction of sp³-hybridized carbons (Fsp3) is 1.00. The highest BCUT2D eigenvalue weighted by atomic mass is 32.2. The molecule has 0 spiro atoms. The first-order valence-electron chi connectivity index (χ1n) is 2.97. The second-order valence-electron chi connectivity index (χ2n) is 2.12. The number of hydrogen-bond acceptors (Lipinski definition) is 4. The van der Waals surface area contributed by atoms with Gasteiger partial charge in [-0.3, -0.25) is 10.0 Å². The maximum atomic E-state index is 5.35. The summed E-state index contributed by atoms with van der Waals surface area (Å²) < 4.78 is 2.07. The SMILES string of the molecule is CCN(CN(C)C)SN. The first-order valence-corrected chi connectivity index (χ1v) is 3.81. The van der Waals surface area contributed by atoms with Crippen LogP contribution in [0.25, 0.3) is 0 Å². The fourth-order valence-electron chi connectivity index (χ4n) is 0.523. The van der Waals surface area contributed by atoms with Gasteiger partial charge in [-0.2, -0.15) is 0 Å². The van der Waals surface area contributed by atoms with Crippen molar-refractivity contribution in [3.8, 4) is 0 Å². The molecule has 0 aliphatic carbocycles. The number of hydrogen-bond donors (Lipinski definition) is 1. The van der Waals surface area contributed by atoms with Gasteiger partial charge in [-0.05, 0) is 14.1 Å². The lowest BCUT2D eigenvalue weighted by atomic mass is 10.7. The zero-order chi connectivity index (χ0) is 7.28. The fourth-order valence-corrected chi connectivity index (χ4v) is 0.970. The van der Waals surface area contributed by atoms with Crippen LogP contribution in [0.3, 0.4) is 0 Å². The van der Waals surface area contributed by atoms with E-state index < -0.39 is 0 Å². The van der Waals surface area contributed by atoms with Crippen molar-refractivity contribution in [3.63, 3.8) is 0 Å². The van der Waals surface area contributed by atoms with Crippen molar-refractivity contribution in [2.24, 2.45) is 5.14 Å². The van der Waals surface area contributed by atoms with Gasteiger partial charge in [-0.25, -0.2) is 4.31 Å². The number of nitrogens with two attached hydrogens (primary N) is 1. The van der Waals surface area contributed by atoms with Gasteiger partial charge in [0.2, 0.25) is 0 Å². The third-order valence-corrected chi connectivity index (χ3v) is 1.61. The molecule has 4 heteroatoms. The Morgan fingerprint density at radius 3 is 2.11 bits per heavy atom. The van der Waals surface area contributed by atoms with Crippen molar-refractivity contribution in [1.82, 2.24) is 9.21 Å². The summed E-state index contributed by atoms with van der Waals surface area (Å²) in [5.41, 5.74) is 0. The molecule has 0 heterocycles. The summed E-state index contributed by atoms with van der Waals surface area (Å²) in [5.74, 6) is 0. The van der Waals surface area contributed by atoms with E-state index in [1.54, 1.807) is 0 Å². The van der Waals surface area contributed by atoms with E-state index in [0.29, 0.717) is 0 Å². The summed E-state index contributed by atoms with van der Waals surface area (Å²) in [6.45, 7) is 3.99. The van der Waals surface area contributed by atoms with Crippen LogP contribution < -0.4 is 5.14 Å². The normalized spacial score (nSPS) is 11.3. The quantitative estimate of drug-likeness (QED) is 0.462. The summed E-state index contributed by atoms with van der Waals surface area (Å²) in [4.78, 5) is 2.09. The van der Waals surface area contributed by atoms with Crippen LogP contribution in [-0.4, -0.2) is 36.5 Å². The average molecular weight is 149 g/mol. The van der Waals surface area contributed by atoms with Crippen molar-refractivity contribution in [3.05, 3.63) is 0 Å². The lowest BCUT2D eigenvalue weighted by Gasteiger charge is -2.20. The smallest absolute Gasteiger partial charge is 0.0613 e. The molecule has 0 saturated carbocycles. The second kappa shape index (κ2) is 5.05. The summed E-state index contributed by atoms with van der Waals surface area (Å²) >= 11 is 1.29. The Hall–Kier alpha value is 0.230.